The molecule has 8 heteroatoms. The van der Waals surface area contributed by atoms with Crippen LogP contribution in [0.2, 0.25) is 0 Å². The van der Waals surface area contributed by atoms with E-state index >= 15 is 0 Å². The van der Waals surface area contributed by atoms with Crippen molar-refractivity contribution in [1.29, 1.82) is 0 Å². The molecule has 1 amide bonds. The van der Waals surface area contributed by atoms with Gasteiger partial charge in [0.15, 0.2) is 17.2 Å². The van der Waals surface area contributed by atoms with Crippen molar-refractivity contribution in [2.75, 3.05) is 14.2 Å². The second kappa shape index (κ2) is 6.70. The summed E-state index contributed by atoms with van der Waals surface area (Å²) in [4.78, 5) is 12.7. The number of methoxy groups -OCH3 is 2. The Morgan fingerprint density at radius 2 is 1.92 bits per heavy atom. The number of nitrogens with one attached hydrogen (secondary N) is 1. The highest BCUT2D eigenvalue weighted by Crippen LogP contribution is 2.32. The number of carbonyl (C=O) groups excluding carboxylic acids is 1. The highest BCUT2D eigenvalue weighted by molar-refractivity contribution is 6.05. The fraction of sp³-hybridized carbons (Fsp3) is 0.176. The fourth-order valence-corrected chi connectivity index (χ4v) is 2.54. The van der Waals surface area contributed by atoms with Crippen molar-refractivity contribution in [1.82, 2.24) is 15.2 Å². The normalized spacial score (nSPS) is 10.7. The van der Waals surface area contributed by atoms with Crippen LogP contribution >= 0.6 is 0 Å². The number of fused-ring (bicyclic) bond motifs is 1. The average molecular weight is 342 g/mol. The number of amides is 1. The molecule has 0 fully saturated rings. The number of hydrogen-bond donors (Lipinski definition) is 3. The van der Waals surface area contributed by atoms with Gasteiger partial charge in [0.05, 0.1) is 26.3 Å². The summed E-state index contributed by atoms with van der Waals surface area (Å²) in [6.07, 6.45) is 0. The Bertz CT molecular complexity index is 922. The lowest BCUT2D eigenvalue weighted by Crippen LogP contribution is -2.37. The van der Waals surface area contributed by atoms with Gasteiger partial charge in [-0.2, -0.15) is 5.10 Å². The highest BCUT2D eigenvalue weighted by Gasteiger charge is 2.21. The Balaban J connectivity index is 1.93. The number of hydrogen-bond acceptors (Lipinski definition) is 6. The van der Waals surface area contributed by atoms with Gasteiger partial charge in [-0.3, -0.25) is 14.9 Å². The van der Waals surface area contributed by atoms with Gasteiger partial charge in [0.1, 0.15) is 5.75 Å². The summed E-state index contributed by atoms with van der Waals surface area (Å²) >= 11 is 0. The molecule has 3 aromatic rings. The van der Waals surface area contributed by atoms with Crippen LogP contribution in [-0.2, 0) is 6.54 Å². The molecular weight excluding hydrogens is 324 g/mol. The van der Waals surface area contributed by atoms with E-state index in [-0.39, 0.29) is 18.0 Å². The molecule has 0 saturated carbocycles. The SMILES string of the molecule is COc1cc2[nH]nc(C(=O)N(N)Cc3ccccc3O)c2cc1OC. The van der Waals surface area contributed by atoms with E-state index in [1.165, 1.54) is 20.3 Å². The number of carbonyl (C=O) groups is 1. The molecule has 1 aromatic heterocycles. The summed E-state index contributed by atoms with van der Waals surface area (Å²) in [6.45, 7) is 0.0488. The minimum absolute atomic E-state index is 0.0488. The number of benzene rings is 2. The predicted molar refractivity (Wildman–Crippen MR) is 91.4 cm³/mol. The number of nitrogens with two attached hydrogens (primary N) is 1. The molecule has 0 aliphatic rings. The van der Waals surface area contributed by atoms with Crippen LogP contribution in [0.3, 0.4) is 0 Å². The average Bonchev–Trinajstić information content (AvgIpc) is 3.04. The van der Waals surface area contributed by atoms with Crippen LogP contribution in [0.5, 0.6) is 17.2 Å². The van der Waals surface area contributed by atoms with Crippen LogP contribution < -0.4 is 15.3 Å². The monoisotopic (exact) mass is 342 g/mol. The van der Waals surface area contributed by atoms with Crippen molar-refractivity contribution in [2.24, 2.45) is 5.84 Å². The van der Waals surface area contributed by atoms with Crippen molar-refractivity contribution < 1.29 is 19.4 Å². The standard InChI is InChI=1S/C17H18N4O4/c1-24-14-7-11-12(8-15(14)25-2)19-20-16(11)17(23)21(18)9-10-5-3-4-6-13(10)22/h3-8,22H,9,18H2,1-2H3,(H,19,20). The van der Waals surface area contributed by atoms with Crippen molar-refractivity contribution in [2.45, 2.75) is 6.54 Å². The number of H-pyrrole nitrogens is 1. The van der Waals surface area contributed by atoms with Crippen molar-refractivity contribution in [3.8, 4) is 17.2 Å². The molecule has 4 N–H and O–H groups in total. The van der Waals surface area contributed by atoms with Crippen LogP contribution in [0, 0.1) is 0 Å². The number of hydrazine groups is 1. The summed E-state index contributed by atoms with van der Waals surface area (Å²) in [5.74, 6) is 6.48. The molecule has 0 radical (unpaired) electrons. The zero-order valence-corrected chi connectivity index (χ0v) is 13.8. The first-order valence-corrected chi connectivity index (χ1v) is 7.48. The molecule has 2 aromatic carbocycles. The fourth-order valence-electron chi connectivity index (χ4n) is 2.54. The van der Waals surface area contributed by atoms with Gasteiger partial charge in [-0.1, -0.05) is 18.2 Å². The summed E-state index contributed by atoms with van der Waals surface area (Å²) in [5.41, 5.74) is 1.32. The lowest BCUT2D eigenvalue weighted by molar-refractivity contribution is 0.0738. The third-order valence-electron chi connectivity index (χ3n) is 3.86. The van der Waals surface area contributed by atoms with Crippen molar-refractivity contribution >= 4 is 16.8 Å². The smallest absolute Gasteiger partial charge is 0.289 e. The Morgan fingerprint density at radius 1 is 1.24 bits per heavy atom. The maximum atomic E-state index is 12.7. The molecule has 25 heavy (non-hydrogen) atoms. The van der Waals surface area contributed by atoms with Crippen LogP contribution in [0.15, 0.2) is 36.4 Å². The maximum absolute atomic E-state index is 12.7. The molecule has 0 bridgehead atoms. The topological polar surface area (TPSA) is 114 Å². The Hall–Kier alpha value is -3.26. The van der Waals surface area contributed by atoms with Crippen LogP contribution in [0.1, 0.15) is 16.1 Å². The molecule has 3 rings (SSSR count). The molecular formula is C17H18N4O4. The molecule has 0 saturated heterocycles. The number of aromatic nitrogens is 2. The molecule has 0 aliphatic carbocycles. The maximum Gasteiger partial charge on any atom is 0.289 e. The molecule has 0 atom stereocenters. The quantitative estimate of drug-likeness (QED) is 0.370. The number of rotatable bonds is 5. The van der Waals surface area contributed by atoms with Gasteiger partial charge in [0, 0.05) is 17.0 Å². The summed E-state index contributed by atoms with van der Waals surface area (Å²) < 4.78 is 10.5. The number of aromatic amines is 1. The zero-order valence-electron chi connectivity index (χ0n) is 13.8. The summed E-state index contributed by atoms with van der Waals surface area (Å²) in [6, 6.07) is 10.0. The first-order valence-electron chi connectivity index (χ1n) is 7.48. The van der Waals surface area contributed by atoms with Gasteiger partial charge in [-0.25, -0.2) is 5.84 Å². The molecule has 130 valence electrons. The number of phenols is 1. The number of ether oxygens (including phenoxy) is 2. The van der Waals surface area contributed by atoms with E-state index in [4.69, 9.17) is 15.3 Å². The van der Waals surface area contributed by atoms with E-state index in [1.54, 1.807) is 30.3 Å². The van der Waals surface area contributed by atoms with Gasteiger partial charge in [0.2, 0.25) is 0 Å². The van der Waals surface area contributed by atoms with Crippen molar-refractivity contribution in [3.63, 3.8) is 0 Å². The Morgan fingerprint density at radius 3 is 2.60 bits per heavy atom. The van der Waals surface area contributed by atoms with Crippen LogP contribution in [0.25, 0.3) is 10.9 Å². The van der Waals surface area contributed by atoms with Crippen LogP contribution in [0.4, 0.5) is 0 Å². The van der Waals surface area contributed by atoms with Gasteiger partial charge in [0.25, 0.3) is 5.91 Å². The lowest BCUT2D eigenvalue weighted by Gasteiger charge is -2.16. The third kappa shape index (κ3) is 3.07. The first kappa shape index (κ1) is 16.6. The first-order chi connectivity index (χ1) is 12.0. The van der Waals surface area contributed by atoms with E-state index in [0.29, 0.717) is 28.0 Å². The second-order valence-corrected chi connectivity index (χ2v) is 5.39. The minimum Gasteiger partial charge on any atom is -0.508 e. The minimum atomic E-state index is -0.485. The van der Waals surface area contributed by atoms with E-state index in [0.717, 1.165) is 5.01 Å². The number of nitrogens with zero attached hydrogens (tertiary/aromatic N) is 2. The molecule has 0 aliphatic heterocycles. The molecule has 8 nitrogen and oxygen atoms in total. The van der Waals surface area contributed by atoms with E-state index in [2.05, 4.69) is 10.2 Å². The van der Waals surface area contributed by atoms with Gasteiger partial charge >= 0.3 is 0 Å². The van der Waals surface area contributed by atoms with Gasteiger partial charge in [-0.15, -0.1) is 0 Å². The molecule has 1 heterocycles. The largest absolute Gasteiger partial charge is 0.508 e. The van der Waals surface area contributed by atoms with E-state index in [9.17, 15) is 9.90 Å². The van der Waals surface area contributed by atoms with E-state index < -0.39 is 5.91 Å². The lowest BCUT2D eigenvalue weighted by atomic mass is 10.1. The van der Waals surface area contributed by atoms with Crippen LogP contribution in [-0.4, -0.2) is 40.4 Å². The summed E-state index contributed by atoms with van der Waals surface area (Å²) in [7, 11) is 3.04. The molecule has 0 spiro atoms. The van der Waals surface area contributed by atoms with E-state index in [1.807, 2.05) is 0 Å². The summed E-state index contributed by atoms with van der Waals surface area (Å²) in [5, 5.41) is 18.2. The highest BCUT2D eigenvalue weighted by atomic mass is 16.5. The molecule has 0 unspecified atom stereocenters. The Kier molecular flexibility index (Phi) is 4.44. The zero-order chi connectivity index (χ0) is 18.0. The van der Waals surface area contributed by atoms with Gasteiger partial charge in [-0.05, 0) is 12.1 Å². The number of aromatic hydroxyl groups is 1. The second-order valence-electron chi connectivity index (χ2n) is 5.39. The Labute approximate surface area is 143 Å². The van der Waals surface area contributed by atoms with Crippen molar-refractivity contribution in [3.05, 3.63) is 47.7 Å². The van der Waals surface area contributed by atoms with Gasteiger partial charge < -0.3 is 14.6 Å². The third-order valence-corrected chi connectivity index (χ3v) is 3.86. The predicted octanol–water partition coefficient (Wildman–Crippen LogP) is 1.80. The number of phenolic OH excluding ortho intramolecular Hbond substituents is 1. The number of para-hydroxylation sites is 1.